The van der Waals surface area contributed by atoms with E-state index in [4.69, 9.17) is 117 Å². The van der Waals surface area contributed by atoms with Crippen molar-refractivity contribution in [1.82, 2.24) is 19.6 Å². The van der Waals surface area contributed by atoms with E-state index in [1.807, 2.05) is 0 Å². The van der Waals surface area contributed by atoms with E-state index in [1.165, 1.54) is 35.1 Å². The summed E-state index contributed by atoms with van der Waals surface area (Å²) in [7, 11) is 12.5. The molecule has 0 aliphatic carbocycles. The van der Waals surface area contributed by atoms with Crippen LogP contribution in [-0.4, -0.2) is 206 Å². The molecule has 20 heteroatoms. The van der Waals surface area contributed by atoms with Crippen LogP contribution in [0.5, 0.6) is 0 Å². The Labute approximate surface area is 578 Å². The van der Waals surface area contributed by atoms with Crippen molar-refractivity contribution in [2.45, 2.75) is 159 Å². The minimum absolute atomic E-state index is 0.0472. The molecular formula is C68H120N8O4S8. The molecule has 0 unspecified atom stereocenters. The van der Waals surface area contributed by atoms with E-state index in [9.17, 15) is 0 Å². The summed E-state index contributed by atoms with van der Waals surface area (Å²) in [5.41, 5.74) is 9.63. The predicted octanol–water partition coefficient (Wildman–Crippen LogP) is 16.5. The molecule has 0 saturated heterocycles. The second kappa shape index (κ2) is 40.7. The summed E-state index contributed by atoms with van der Waals surface area (Å²) in [6.45, 7) is 59.2. The number of ether oxygens (including phenoxy) is 4. The minimum Gasteiger partial charge on any atom is -0.378 e. The van der Waals surface area contributed by atoms with Crippen molar-refractivity contribution in [2.24, 2.45) is 0 Å². The lowest BCUT2D eigenvalue weighted by atomic mass is 9.83. The number of hydrogen-bond acceptors (Lipinski definition) is 20. The molecule has 0 fully saturated rings. The Hall–Kier alpha value is -1.44. The maximum absolute atomic E-state index is 5.80. The summed E-state index contributed by atoms with van der Waals surface area (Å²) >= 11 is 43.4. The van der Waals surface area contributed by atoms with Gasteiger partial charge in [0.2, 0.25) is 0 Å². The summed E-state index contributed by atoms with van der Waals surface area (Å²) < 4.78 is 29.8. The maximum atomic E-state index is 5.80. The van der Waals surface area contributed by atoms with E-state index in [0.717, 1.165) is 183 Å². The predicted molar refractivity (Wildman–Crippen MR) is 404 cm³/mol. The van der Waals surface area contributed by atoms with Crippen LogP contribution in [0.2, 0.25) is 0 Å². The Kier molecular flexibility index (Phi) is 39.1. The van der Waals surface area contributed by atoms with Crippen LogP contribution >= 0.6 is 97.7 Å². The van der Waals surface area contributed by atoms with Gasteiger partial charge in [-0.3, -0.25) is 0 Å². The monoisotopic (exact) mass is 1370 g/mol. The van der Waals surface area contributed by atoms with Crippen molar-refractivity contribution in [3.8, 4) is 0 Å². The molecule has 504 valence electrons. The molecule has 4 aromatic carbocycles. The van der Waals surface area contributed by atoms with Gasteiger partial charge in [0.25, 0.3) is 0 Å². The first kappa shape index (κ1) is 84.6. The van der Waals surface area contributed by atoms with Crippen molar-refractivity contribution < 1.29 is 18.9 Å². The Morgan fingerprint density at radius 2 is 0.489 bits per heavy atom. The molecule has 0 spiro atoms. The second-order valence-corrected chi connectivity index (χ2v) is 30.6. The summed E-state index contributed by atoms with van der Waals surface area (Å²) in [5.74, 6) is 0. The first-order chi connectivity index (χ1) is 40.9. The van der Waals surface area contributed by atoms with Gasteiger partial charge in [0, 0.05) is 103 Å². The van der Waals surface area contributed by atoms with Crippen molar-refractivity contribution in [3.63, 3.8) is 0 Å². The van der Waals surface area contributed by atoms with Crippen LogP contribution in [0, 0.1) is 36.1 Å². The standard InChI is InChI=1S/C18H32N2OS2.2C17H30N2OS2.C16H28N2OS2/c1-7-9-20(8-2)11-13-21-12-10-19(6)15-14(18(3,4)5)16(22)17(15)23;1-7-8-18(5)9-11-20-12-10-19(6)14-13(17(2,3)4)15(21)16(14)22;1-7-19(8-2)10-12-20-11-9-18(6)14-13(17(3,4)5)15(21)16(14)22;1-7-17(5)8-10-19-11-9-18(6)13-12(16(2,3)4)14(20)15(13)21/h7-13H2,1-6H3;2*7-12H2,1-6H3;7-11H2,1-6H3. The zero-order valence-corrected chi connectivity index (χ0v) is 66.0. The van der Waals surface area contributed by atoms with E-state index in [1.54, 1.807) is 0 Å². The van der Waals surface area contributed by atoms with Gasteiger partial charge in [-0.25, -0.2) is 0 Å². The molecular weight excluding hydrogens is 1250 g/mol. The van der Waals surface area contributed by atoms with Crippen LogP contribution in [0.3, 0.4) is 0 Å². The molecule has 0 atom stereocenters. The van der Waals surface area contributed by atoms with Gasteiger partial charge in [0.15, 0.2) is 0 Å². The summed E-state index contributed by atoms with van der Waals surface area (Å²) in [5, 5.41) is 0. The lowest BCUT2D eigenvalue weighted by molar-refractivity contribution is 0.110. The smallest absolute Gasteiger partial charge is 0.0798 e. The number of hydrogen-bond donors (Lipinski definition) is 0. The molecule has 0 aliphatic rings. The fraction of sp³-hybridized carbons (Fsp3) is 0.765. The highest BCUT2D eigenvalue weighted by Gasteiger charge is 2.31. The number of nitrogens with zero attached hydrogens (tertiary/aromatic N) is 8. The topological polar surface area (TPSA) is 62.8 Å². The van der Waals surface area contributed by atoms with E-state index < -0.39 is 0 Å². The van der Waals surface area contributed by atoms with E-state index >= 15 is 0 Å². The normalized spacial score (nSPS) is 12.3. The fourth-order valence-electron chi connectivity index (χ4n) is 10.2. The molecule has 0 saturated carbocycles. The van der Waals surface area contributed by atoms with Gasteiger partial charge in [-0.05, 0) is 87.9 Å². The van der Waals surface area contributed by atoms with Crippen LogP contribution in [-0.2, 0) is 40.6 Å². The number of rotatable bonds is 36. The Balaban J connectivity index is 0.000000587. The Morgan fingerprint density at radius 3 is 0.716 bits per heavy atom. The molecule has 0 amide bonds. The third-order valence-electron chi connectivity index (χ3n) is 15.7. The maximum Gasteiger partial charge on any atom is 0.0798 e. The molecule has 4 aromatic rings. The van der Waals surface area contributed by atoms with Gasteiger partial charge >= 0.3 is 0 Å². The highest BCUT2D eigenvalue weighted by atomic mass is 32.1. The lowest BCUT2D eigenvalue weighted by Gasteiger charge is -2.32. The van der Waals surface area contributed by atoms with Gasteiger partial charge in [-0.1, -0.05) is 222 Å². The summed E-state index contributed by atoms with van der Waals surface area (Å²) in [6.07, 6.45) is 2.37. The zero-order chi connectivity index (χ0) is 67.7. The first-order valence-electron chi connectivity index (χ1n) is 32.2. The Bertz CT molecular complexity index is 2950. The SMILES string of the molecule is CCCN(C)CCOCCN(C)c1c(C(C)(C)C)c(=S)c1=S.CCCN(CC)CCOCCN(C)c1c(C(C)(C)C)c(=S)c1=S.CCN(C)CCOCCN(C)c1c(C(C)(C)C)c(=S)c1=S.CCN(CC)CCOCCN(C)c1c(C(C)(C)C)c(=S)c1=S. The number of likely N-dealkylation sites (N-methyl/N-ethyl adjacent to an activating group) is 8. The Morgan fingerprint density at radius 1 is 0.261 bits per heavy atom. The highest BCUT2D eigenvalue weighted by molar-refractivity contribution is 7.75. The molecule has 0 bridgehead atoms. The zero-order valence-electron chi connectivity index (χ0n) is 59.4. The quantitative estimate of drug-likeness (QED) is 0.0320. The van der Waals surface area contributed by atoms with E-state index in [0.29, 0.717) is 19.8 Å². The molecule has 4 rings (SSSR count). The molecule has 0 heterocycles. The van der Waals surface area contributed by atoms with Crippen molar-refractivity contribution >= 4 is 120 Å². The summed E-state index contributed by atoms with van der Waals surface area (Å²) in [6, 6.07) is 0. The van der Waals surface area contributed by atoms with Gasteiger partial charge in [-0.15, -0.1) is 0 Å². The molecule has 0 radical (unpaired) electrons. The van der Waals surface area contributed by atoms with Gasteiger partial charge in [0.1, 0.15) is 0 Å². The number of anilines is 4. The summed E-state index contributed by atoms with van der Waals surface area (Å²) in [4.78, 5) is 18.1. The minimum atomic E-state index is 0.0472. The van der Waals surface area contributed by atoms with Crippen molar-refractivity contribution in [2.75, 3.05) is 206 Å². The van der Waals surface area contributed by atoms with Crippen LogP contribution in [0.15, 0.2) is 0 Å². The van der Waals surface area contributed by atoms with Crippen LogP contribution < -0.4 is 19.6 Å². The van der Waals surface area contributed by atoms with Gasteiger partial charge < -0.3 is 58.1 Å². The first-order valence-corrected chi connectivity index (χ1v) is 35.5. The van der Waals surface area contributed by atoms with E-state index in [2.05, 4.69) is 206 Å². The molecule has 12 nitrogen and oxygen atoms in total. The van der Waals surface area contributed by atoms with Crippen LogP contribution in [0.25, 0.3) is 0 Å². The average Bonchev–Trinajstić information content (AvgIpc) is 0.892. The largest absolute Gasteiger partial charge is 0.378 e. The highest BCUT2D eigenvalue weighted by Crippen LogP contribution is 2.42. The lowest BCUT2D eigenvalue weighted by Crippen LogP contribution is -2.31. The molecule has 0 aliphatic heterocycles. The van der Waals surface area contributed by atoms with E-state index in [-0.39, 0.29) is 21.7 Å². The third kappa shape index (κ3) is 26.8. The molecule has 88 heavy (non-hydrogen) atoms. The van der Waals surface area contributed by atoms with Crippen LogP contribution in [0.1, 0.15) is 160 Å². The average molecular weight is 1370 g/mol. The van der Waals surface area contributed by atoms with Crippen molar-refractivity contribution in [1.29, 1.82) is 0 Å². The molecule has 0 N–H and O–H groups in total. The third-order valence-corrected chi connectivity index (χ3v) is 19.5. The second-order valence-electron chi connectivity index (χ2n) is 27.3. The molecule has 0 aromatic heterocycles. The van der Waals surface area contributed by atoms with Crippen molar-refractivity contribution in [3.05, 3.63) is 58.3 Å². The van der Waals surface area contributed by atoms with Crippen LogP contribution in [0.4, 0.5) is 22.7 Å². The van der Waals surface area contributed by atoms with Gasteiger partial charge in [-0.2, -0.15) is 0 Å². The fourth-order valence-corrected chi connectivity index (χ4v) is 13.6. The van der Waals surface area contributed by atoms with Gasteiger partial charge in [0.05, 0.1) is 112 Å².